The Morgan fingerprint density at radius 3 is 2.56 bits per heavy atom. The zero-order valence-electron chi connectivity index (χ0n) is 15.1. The van der Waals surface area contributed by atoms with Crippen LogP contribution in [0.4, 0.5) is 0 Å². The third-order valence-corrected chi connectivity index (χ3v) is 5.10. The lowest BCUT2D eigenvalue weighted by Gasteiger charge is -2.34. The van der Waals surface area contributed by atoms with Gasteiger partial charge in [-0.25, -0.2) is 4.98 Å². The van der Waals surface area contributed by atoms with Gasteiger partial charge in [-0.2, -0.15) is 0 Å². The van der Waals surface area contributed by atoms with Crippen LogP contribution in [0.3, 0.4) is 0 Å². The summed E-state index contributed by atoms with van der Waals surface area (Å²) in [5.41, 5.74) is 1.13. The second-order valence-corrected chi connectivity index (χ2v) is 7.14. The number of carbonyl (C=O) groups is 1. The van der Waals surface area contributed by atoms with Crippen molar-refractivity contribution in [1.82, 2.24) is 19.8 Å². The maximum absolute atomic E-state index is 12.8. The smallest absolute Gasteiger partial charge is 0.223 e. The Morgan fingerprint density at radius 2 is 1.96 bits per heavy atom. The van der Waals surface area contributed by atoms with E-state index < -0.39 is 0 Å². The summed E-state index contributed by atoms with van der Waals surface area (Å²) >= 11 is 0. The van der Waals surface area contributed by atoms with Crippen molar-refractivity contribution in [2.24, 2.45) is 5.92 Å². The summed E-state index contributed by atoms with van der Waals surface area (Å²) in [7, 11) is 0. The third kappa shape index (κ3) is 4.69. The summed E-state index contributed by atoms with van der Waals surface area (Å²) < 4.78 is 2.01. The lowest BCUT2D eigenvalue weighted by molar-refractivity contribution is -0.127. The fourth-order valence-electron chi connectivity index (χ4n) is 3.49. The summed E-state index contributed by atoms with van der Waals surface area (Å²) in [6, 6.07) is 10.7. The van der Waals surface area contributed by atoms with Gasteiger partial charge in [0.15, 0.2) is 0 Å². The highest BCUT2D eigenvalue weighted by molar-refractivity contribution is 5.79. The molecule has 2 aromatic rings. The predicted octanol–water partition coefficient (Wildman–Crippen LogP) is 2.86. The molecule has 1 unspecified atom stereocenters. The van der Waals surface area contributed by atoms with Crippen molar-refractivity contribution in [3.05, 3.63) is 54.6 Å². The molecule has 3 rings (SSSR count). The molecule has 1 atom stereocenters. The Balaban J connectivity index is 1.65. The molecule has 1 aliphatic rings. The zero-order chi connectivity index (χ0) is 17.6. The SMILES string of the molecule is CC(C)N1CCC(C(=O)NC(Cn2ccnc2)c2ccccc2)CC1. The van der Waals surface area contributed by atoms with Crippen LogP contribution in [0.2, 0.25) is 0 Å². The Hall–Kier alpha value is -2.14. The van der Waals surface area contributed by atoms with Crippen molar-refractivity contribution in [2.75, 3.05) is 13.1 Å². The Bertz CT molecular complexity index is 646. The lowest BCUT2D eigenvalue weighted by Crippen LogP contribution is -2.44. The highest BCUT2D eigenvalue weighted by Gasteiger charge is 2.27. The summed E-state index contributed by atoms with van der Waals surface area (Å²) in [5.74, 6) is 0.293. The Kier molecular flexibility index (Phi) is 5.87. The van der Waals surface area contributed by atoms with E-state index >= 15 is 0 Å². The van der Waals surface area contributed by atoms with Gasteiger partial charge in [-0.1, -0.05) is 30.3 Å². The molecule has 0 saturated carbocycles. The van der Waals surface area contributed by atoms with Gasteiger partial charge in [0.2, 0.25) is 5.91 Å². The van der Waals surface area contributed by atoms with Crippen molar-refractivity contribution in [2.45, 2.75) is 45.3 Å². The molecule has 1 aromatic heterocycles. The maximum atomic E-state index is 12.8. The number of nitrogens with one attached hydrogen (secondary N) is 1. The van der Waals surface area contributed by atoms with Crippen molar-refractivity contribution < 1.29 is 4.79 Å². The highest BCUT2D eigenvalue weighted by atomic mass is 16.2. The van der Waals surface area contributed by atoms with Gasteiger partial charge in [0, 0.05) is 30.9 Å². The first kappa shape index (κ1) is 17.7. The first-order valence-corrected chi connectivity index (χ1v) is 9.18. The van der Waals surface area contributed by atoms with Gasteiger partial charge in [-0.05, 0) is 45.3 Å². The van der Waals surface area contributed by atoms with E-state index in [0.717, 1.165) is 31.5 Å². The molecule has 5 heteroatoms. The number of piperidine rings is 1. The van der Waals surface area contributed by atoms with E-state index in [1.54, 1.807) is 12.5 Å². The number of carbonyl (C=O) groups excluding carboxylic acids is 1. The number of imidazole rings is 1. The van der Waals surface area contributed by atoms with Crippen molar-refractivity contribution in [3.8, 4) is 0 Å². The van der Waals surface area contributed by atoms with Gasteiger partial charge in [0.05, 0.1) is 12.4 Å². The Morgan fingerprint density at radius 1 is 1.24 bits per heavy atom. The summed E-state index contributed by atoms with van der Waals surface area (Å²) in [5, 5.41) is 3.28. The minimum absolute atomic E-state index is 0.0361. The second-order valence-electron chi connectivity index (χ2n) is 7.14. The summed E-state index contributed by atoms with van der Waals surface area (Å²) in [6.07, 6.45) is 7.38. The number of hydrogen-bond donors (Lipinski definition) is 1. The molecule has 1 saturated heterocycles. The third-order valence-electron chi connectivity index (χ3n) is 5.10. The number of likely N-dealkylation sites (tertiary alicyclic amines) is 1. The van der Waals surface area contributed by atoms with E-state index in [1.807, 2.05) is 29.0 Å². The molecule has 2 heterocycles. The number of aromatic nitrogens is 2. The molecule has 1 amide bonds. The lowest BCUT2D eigenvalue weighted by atomic mass is 9.94. The molecule has 0 spiro atoms. The quantitative estimate of drug-likeness (QED) is 0.880. The summed E-state index contributed by atoms with van der Waals surface area (Å²) in [6.45, 7) is 7.15. The molecule has 0 bridgehead atoms. The minimum Gasteiger partial charge on any atom is -0.347 e. The van der Waals surface area contributed by atoms with E-state index in [4.69, 9.17) is 0 Å². The molecular weight excluding hydrogens is 312 g/mol. The standard InChI is InChI=1S/C20H28N4O/c1-16(2)24-11-8-18(9-12-24)20(25)22-19(14-23-13-10-21-15-23)17-6-4-3-5-7-17/h3-7,10,13,15-16,18-19H,8-9,11-12,14H2,1-2H3,(H,22,25). The van der Waals surface area contributed by atoms with Crippen LogP contribution in [0.15, 0.2) is 49.1 Å². The van der Waals surface area contributed by atoms with E-state index in [0.29, 0.717) is 12.6 Å². The highest BCUT2D eigenvalue weighted by Crippen LogP contribution is 2.22. The van der Waals surface area contributed by atoms with E-state index in [-0.39, 0.29) is 17.9 Å². The van der Waals surface area contributed by atoms with E-state index in [2.05, 4.69) is 41.2 Å². The molecule has 1 fully saturated rings. The van der Waals surface area contributed by atoms with E-state index in [1.165, 1.54) is 0 Å². The normalized spacial score (nSPS) is 17.6. The van der Waals surface area contributed by atoms with Crippen LogP contribution >= 0.6 is 0 Å². The van der Waals surface area contributed by atoms with Crippen LogP contribution in [0.1, 0.15) is 38.3 Å². The summed E-state index contributed by atoms with van der Waals surface area (Å²) in [4.78, 5) is 19.4. The molecule has 0 radical (unpaired) electrons. The fraction of sp³-hybridized carbons (Fsp3) is 0.500. The van der Waals surface area contributed by atoms with Crippen molar-refractivity contribution >= 4 is 5.91 Å². The average molecular weight is 340 g/mol. The number of hydrogen-bond acceptors (Lipinski definition) is 3. The van der Waals surface area contributed by atoms with Gasteiger partial charge in [-0.15, -0.1) is 0 Å². The van der Waals surface area contributed by atoms with Crippen molar-refractivity contribution in [1.29, 1.82) is 0 Å². The van der Waals surface area contributed by atoms with Gasteiger partial charge < -0.3 is 14.8 Å². The minimum atomic E-state index is -0.0361. The molecule has 25 heavy (non-hydrogen) atoms. The maximum Gasteiger partial charge on any atom is 0.223 e. The second kappa shape index (κ2) is 8.30. The van der Waals surface area contributed by atoms with Gasteiger partial charge in [0.1, 0.15) is 0 Å². The van der Waals surface area contributed by atoms with Crippen molar-refractivity contribution in [3.63, 3.8) is 0 Å². The predicted molar refractivity (Wildman–Crippen MR) is 99.0 cm³/mol. The molecule has 1 aliphatic heterocycles. The van der Waals surface area contributed by atoms with E-state index in [9.17, 15) is 4.79 Å². The average Bonchev–Trinajstić information content (AvgIpc) is 3.15. The van der Waals surface area contributed by atoms with Crippen LogP contribution < -0.4 is 5.32 Å². The zero-order valence-corrected chi connectivity index (χ0v) is 15.1. The monoisotopic (exact) mass is 340 g/mol. The molecule has 1 aromatic carbocycles. The fourth-order valence-corrected chi connectivity index (χ4v) is 3.49. The number of amides is 1. The topological polar surface area (TPSA) is 50.2 Å². The first-order chi connectivity index (χ1) is 12.1. The molecular formula is C20H28N4O. The van der Waals surface area contributed by atoms with Gasteiger partial charge >= 0.3 is 0 Å². The first-order valence-electron chi connectivity index (χ1n) is 9.18. The largest absolute Gasteiger partial charge is 0.347 e. The molecule has 0 aliphatic carbocycles. The molecule has 5 nitrogen and oxygen atoms in total. The molecule has 134 valence electrons. The van der Waals surface area contributed by atoms with Crippen LogP contribution in [0.25, 0.3) is 0 Å². The van der Waals surface area contributed by atoms with Crippen LogP contribution in [-0.2, 0) is 11.3 Å². The van der Waals surface area contributed by atoms with Crippen LogP contribution in [0.5, 0.6) is 0 Å². The Labute approximate surface area is 150 Å². The van der Waals surface area contributed by atoms with Crippen LogP contribution in [0, 0.1) is 5.92 Å². The number of rotatable bonds is 6. The number of nitrogens with zero attached hydrogens (tertiary/aromatic N) is 3. The van der Waals surface area contributed by atoms with Gasteiger partial charge in [0.25, 0.3) is 0 Å². The van der Waals surface area contributed by atoms with Crippen LogP contribution in [-0.4, -0.2) is 39.5 Å². The van der Waals surface area contributed by atoms with Gasteiger partial charge in [-0.3, -0.25) is 4.79 Å². The number of benzene rings is 1. The molecule has 1 N–H and O–H groups in total.